The minimum absolute atomic E-state index is 0.322. The Morgan fingerprint density at radius 1 is 1.47 bits per heavy atom. The van der Waals surface area contributed by atoms with E-state index in [0.29, 0.717) is 6.04 Å². The van der Waals surface area contributed by atoms with Crippen LogP contribution in [0.4, 0.5) is 0 Å². The zero-order chi connectivity index (χ0) is 11.1. The lowest BCUT2D eigenvalue weighted by Gasteiger charge is -2.13. The molecule has 1 aromatic carbocycles. The zero-order valence-corrected chi connectivity index (χ0v) is 9.93. The smallest absolute Gasteiger partial charge is 0.0409 e. The molecule has 2 heteroatoms. The van der Waals surface area contributed by atoms with Gasteiger partial charge in [0.25, 0.3) is 0 Å². The van der Waals surface area contributed by atoms with Gasteiger partial charge in [-0.15, -0.1) is 11.8 Å². The summed E-state index contributed by atoms with van der Waals surface area (Å²) in [5, 5.41) is 4.19. The third-order valence-corrected chi connectivity index (χ3v) is 2.46. The summed E-state index contributed by atoms with van der Waals surface area (Å²) in [6.45, 7) is 4.90. The van der Waals surface area contributed by atoms with Gasteiger partial charge in [0.1, 0.15) is 0 Å². The van der Waals surface area contributed by atoms with Crippen LogP contribution in [0.5, 0.6) is 0 Å². The Bertz CT molecular complexity index is 362. The van der Waals surface area contributed by atoms with Gasteiger partial charge in [-0.25, -0.2) is 0 Å². The molecule has 0 bridgehead atoms. The average molecular weight is 222 g/mol. The summed E-state index contributed by atoms with van der Waals surface area (Å²) < 4.78 is 0. The number of nitrogens with one attached hydrogen (secondary N) is 1. The molecule has 0 aliphatic heterocycles. The summed E-state index contributed by atoms with van der Waals surface area (Å²) in [4.78, 5) is 0. The molecule has 0 aromatic heterocycles. The highest BCUT2D eigenvalue weighted by molar-refractivity contribution is 6.30. The van der Waals surface area contributed by atoms with Gasteiger partial charge in [0.15, 0.2) is 0 Å². The summed E-state index contributed by atoms with van der Waals surface area (Å²) in [7, 11) is 0. The maximum Gasteiger partial charge on any atom is 0.0409 e. The topological polar surface area (TPSA) is 12.0 Å². The molecule has 0 unspecified atom stereocenters. The largest absolute Gasteiger partial charge is 0.309 e. The van der Waals surface area contributed by atoms with Crippen molar-refractivity contribution in [2.24, 2.45) is 0 Å². The quantitative estimate of drug-likeness (QED) is 0.607. The van der Waals surface area contributed by atoms with Gasteiger partial charge in [-0.05, 0) is 31.5 Å². The second kappa shape index (κ2) is 6.50. The Balaban J connectivity index is 2.45. The molecule has 1 aromatic rings. The summed E-state index contributed by atoms with van der Waals surface area (Å²) >= 11 is 5.92. The number of hydrogen-bond acceptors (Lipinski definition) is 1. The lowest BCUT2D eigenvalue weighted by molar-refractivity contribution is 0.584. The number of hydrogen-bond donors (Lipinski definition) is 1. The van der Waals surface area contributed by atoms with E-state index in [1.165, 1.54) is 5.56 Å². The molecule has 0 saturated heterocycles. The van der Waals surface area contributed by atoms with Crippen molar-refractivity contribution in [3.63, 3.8) is 0 Å². The minimum atomic E-state index is 0.322. The molecule has 1 nitrogen and oxygen atoms in total. The molecule has 0 aliphatic carbocycles. The maximum atomic E-state index is 5.92. The van der Waals surface area contributed by atoms with E-state index in [1.807, 2.05) is 25.1 Å². The molecule has 0 spiro atoms. The van der Waals surface area contributed by atoms with E-state index in [1.54, 1.807) is 0 Å². The van der Waals surface area contributed by atoms with Crippen LogP contribution in [0.2, 0.25) is 5.02 Å². The standard InChI is InChI=1S/C13H16ClN/c1-3-4-5-9-15-11(2)12-7-6-8-13(14)10-12/h6-8,10-11,15H,5,9H2,1-2H3/t11-/m1/s1. The van der Waals surface area contributed by atoms with Crippen molar-refractivity contribution in [1.82, 2.24) is 5.32 Å². The van der Waals surface area contributed by atoms with Gasteiger partial charge in [0.2, 0.25) is 0 Å². The second-order valence-electron chi connectivity index (χ2n) is 3.41. The molecule has 1 atom stereocenters. The molecule has 0 radical (unpaired) electrons. The van der Waals surface area contributed by atoms with Gasteiger partial charge in [-0.3, -0.25) is 0 Å². The molecule has 1 rings (SSSR count). The highest BCUT2D eigenvalue weighted by Crippen LogP contribution is 2.16. The van der Waals surface area contributed by atoms with Crippen molar-refractivity contribution >= 4 is 11.6 Å². The van der Waals surface area contributed by atoms with Gasteiger partial charge < -0.3 is 5.32 Å². The van der Waals surface area contributed by atoms with Crippen molar-refractivity contribution in [2.45, 2.75) is 26.3 Å². The molecule has 0 aliphatic rings. The fourth-order valence-corrected chi connectivity index (χ4v) is 1.57. The molecule has 0 fully saturated rings. The van der Waals surface area contributed by atoms with E-state index < -0.39 is 0 Å². The van der Waals surface area contributed by atoms with Crippen molar-refractivity contribution in [2.75, 3.05) is 6.54 Å². The predicted octanol–water partition coefficient (Wildman–Crippen LogP) is 3.40. The summed E-state index contributed by atoms with van der Waals surface area (Å²) in [6, 6.07) is 8.25. The van der Waals surface area contributed by atoms with Crippen molar-refractivity contribution < 1.29 is 0 Å². The molecule has 80 valence electrons. The van der Waals surface area contributed by atoms with Gasteiger partial charge >= 0.3 is 0 Å². The third-order valence-electron chi connectivity index (χ3n) is 2.23. The Labute approximate surface area is 96.8 Å². The normalized spacial score (nSPS) is 11.7. The molecule has 0 heterocycles. The van der Waals surface area contributed by atoms with Crippen molar-refractivity contribution in [3.05, 3.63) is 34.9 Å². The second-order valence-corrected chi connectivity index (χ2v) is 3.84. The first-order chi connectivity index (χ1) is 7.24. The van der Waals surface area contributed by atoms with E-state index in [-0.39, 0.29) is 0 Å². The number of halogens is 1. The fourth-order valence-electron chi connectivity index (χ4n) is 1.37. The van der Waals surface area contributed by atoms with E-state index in [2.05, 4.69) is 30.1 Å². The van der Waals surface area contributed by atoms with Crippen molar-refractivity contribution in [1.29, 1.82) is 0 Å². The summed E-state index contributed by atoms with van der Waals surface area (Å²) in [5.74, 6) is 5.91. The number of rotatable bonds is 4. The highest BCUT2D eigenvalue weighted by atomic mass is 35.5. The fraction of sp³-hybridized carbons (Fsp3) is 0.385. The van der Waals surface area contributed by atoms with Crippen molar-refractivity contribution in [3.8, 4) is 11.8 Å². The van der Waals surface area contributed by atoms with Gasteiger partial charge in [-0.1, -0.05) is 23.7 Å². The Hall–Kier alpha value is -0.970. The Kier molecular flexibility index (Phi) is 5.25. The SMILES string of the molecule is CC#CCCN[C@H](C)c1cccc(Cl)c1. The molecule has 0 amide bonds. The van der Waals surface area contributed by atoms with Crippen LogP contribution in [0.1, 0.15) is 31.9 Å². The van der Waals surface area contributed by atoms with E-state index in [0.717, 1.165) is 18.0 Å². The molecule has 15 heavy (non-hydrogen) atoms. The lowest BCUT2D eigenvalue weighted by atomic mass is 10.1. The minimum Gasteiger partial charge on any atom is -0.309 e. The van der Waals surface area contributed by atoms with Crippen LogP contribution in [-0.4, -0.2) is 6.54 Å². The first-order valence-electron chi connectivity index (χ1n) is 5.12. The molecule has 1 N–H and O–H groups in total. The lowest BCUT2D eigenvalue weighted by Crippen LogP contribution is -2.19. The van der Waals surface area contributed by atoms with Crippen LogP contribution in [0.15, 0.2) is 24.3 Å². The first-order valence-corrected chi connectivity index (χ1v) is 5.50. The monoisotopic (exact) mass is 221 g/mol. The number of benzene rings is 1. The van der Waals surface area contributed by atoms with Gasteiger partial charge in [0, 0.05) is 24.0 Å². The summed E-state index contributed by atoms with van der Waals surface area (Å²) in [5.41, 5.74) is 1.21. The molecular formula is C13H16ClN. The van der Waals surface area contributed by atoms with Crippen LogP contribution in [0, 0.1) is 11.8 Å². The van der Waals surface area contributed by atoms with Crippen LogP contribution in [0.25, 0.3) is 0 Å². The Morgan fingerprint density at radius 2 is 2.27 bits per heavy atom. The summed E-state index contributed by atoms with van der Waals surface area (Å²) in [6.07, 6.45) is 0.890. The molecule has 0 saturated carbocycles. The predicted molar refractivity (Wildman–Crippen MR) is 65.9 cm³/mol. The van der Waals surface area contributed by atoms with E-state index in [9.17, 15) is 0 Å². The third kappa shape index (κ3) is 4.38. The van der Waals surface area contributed by atoms with Gasteiger partial charge in [0.05, 0.1) is 0 Å². The zero-order valence-electron chi connectivity index (χ0n) is 9.18. The van der Waals surface area contributed by atoms with Crippen LogP contribution in [-0.2, 0) is 0 Å². The maximum absolute atomic E-state index is 5.92. The van der Waals surface area contributed by atoms with Crippen LogP contribution < -0.4 is 5.32 Å². The van der Waals surface area contributed by atoms with Gasteiger partial charge in [-0.2, -0.15) is 0 Å². The Morgan fingerprint density at radius 3 is 2.93 bits per heavy atom. The first kappa shape index (κ1) is 12.1. The highest BCUT2D eigenvalue weighted by Gasteiger charge is 2.03. The van der Waals surface area contributed by atoms with E-state index in [4.69, 9.17) is 11.6 Å². The average Bonchev–Trinajstić information content (AvgIpc) is 2.24. The van der Waals surface area contributed by atoms with E-state index >= 15 is 0 Å². The molecular weight excluding hydrogens is 206 g/mol. The van der Waals surface area contributed by atoms with Crippen LogP contribution >= 0.6 is 11.6 Å². The van der Waals surface area contributed by atoms with Crippen LogP contribution in [0.3, 0.4) is 0 Å².